The Morgan fingerprint density at radius 2 is 1.95 bits per heavy atom. The van der Waals surface area contributed by atoms with Crippen LogP contribution in [0.25, 0.3) is 5.65 Å². The maximum Gasteiger partial charge on any atom is 0.180 e. The van der Waals surface area contributed by atoms with Crippen LogP contribution in [-0.2, 0) is 13.0 Å². The molecule has 110 valence electrons. The average molecular weight is 291 g/mol. The number of fused-ring (bicyclic) bond motifs is 1. The molecular formula is C18H17N3O. The minimum Gasteiger partial charge on any atom is -0.485 e. The SMILES string of the molecule is Cc1ccn2c(CC#N)c(C)nc2c1OCc1ccccc1. The van der Waals surface area contributed by atoms with Crippen LogP contribution in [0.1, 0.15) is 22.5 Å². The molecule has 4 heteroatoms. The highest BCUT2D eigenvalue weighted by molar-refractivity contribution is 5.60. The fourth-order valence-electron chi connectivity index (χ4n) is 2.53. The van der Waals surface area contributed by atoms with Crippen LogP contribution >= 0.6 is 0 Å². The van der Waals surface area contributed by atoms with Crippen molar-refractivity contribution in [2.45, 2.75) is 26.9 Å². The van der Waals surface area contributed by atoms with E-state index in [1.54, 1.807) is 0 Å². The second-order valence-electron chi connectivity index (χ2n) is 5.27. The zero-order valence-electron chi connectivity index (χ0n) is 12.7. The van der Waals surface area contributed by atoms with Gasteiger partial charge in [0.15, 0.2) is 11.4 Å². The van der Waals surface area contributed by atoms with Crippen LogP contribution in [0.4, 0.5) is 0 Å². The van der Waals surface area contributed by atoms with Crippen LogP contribution in [0.3, 0.4) is 0 Å². The van der Waals surface area contributed by atoms with Gasteiger partial charge in [0.2, 0.25) is 0 Å². The second kappa shape index (κ2) is 5.90. The highest BCUT2D eigenvalue weighted by Crippen LogP contribution is 2.27. The molecule has 0 amide bonds. The smallest absolute Gasteiger partial charge is 0.180 e. The van der Waals surface area contributed by atoms with E-state index in [2.05, 4.69) is 11.1 Å². The molecule has 0 saturated carbocycles. The van der Waals surface area contributed by atoms with Gasteiger partial charge in [-0.15, -0.1) is 0 Å². The van der Waals surface area contributed by atoms with E-state index in [0.717, 1.165) is 33.9 Å². The highest BCUT2D eigenvalue weighted by Gasteiger charge is 2.14. The molecule has 3 rings (SSSR count). The number of aromatic nitrogens is 2. The number of pyridine rings is 1. The summed E-state index contributed by atoms with van der Waals surface area (Å²) in [7, 11) is 0. The summed E-state index contributed by atoms with van der Waals surface area (Å²) in [4.78, 5) is 4.59. The molecule has 0 fully saturated rings. The van der Waals surface area contributed by atoms with Crippen molar-refractivity contribution in [3.05, 3.63) is 65.1 Å². The lowest BCUT2D eigenvalue weighted by molar-refractivity contribution is 0.306. The number of nitriles is 1. The van der Waals surface area contributed by atoms with E-state index in [9.17, 15) is 0 Å². The molecule has 0 spiro atoms. The maximum absolute atomic E-state index is 8.98. The number of nitrogens with zero attached hydrogens (tertiary/aromatic N) is 3. The quantitative estimate of drug-likeness (QED) is 0.738. The summed E-state index contributed by atoms with van der Waals surface area (Å²) in [5.74, 6) is 0.777. The van der Waals surface area contributed by atoms with Crippen molar-refractivity contribution in [2.75, 3.05) is 0 Å². The Bertz CT molecular complexity index is 844. The number of hydrogen-bond donors (Lipinski definition) is 0. The number of ether oxygens (including phenoxy) is 1. The van der Waals surface area contributed by atoms with E-state index in [0.29, 0.717) is 13.0 Å². The molecular weight excluding hydrogens is 274 g/mol. The summed E-state index contributed by atoms with van der Waals surface area (Å²) in [6.45, 7) is 4.44. The standard InChI is InChI=1S/C18H17N3O/c1-13-9-11-21-16(8-10-19)14(2)20-18(21)17(13)22-12-15-6-4-3-5-7-15/h3-7,9,11H,8,12H2,1-2H3. The lowest BCUT2D eigenvalue weighted by Crippen LogP contribution is -2.01. The zero-order chi connectivity index (χ0) is 15.5. The predicted molar refractivity (Wildman–Crippen MR) is 84.8 cm³/mol. The van der Waals surface area contributed by atoms with Crippen molar-refractivity contribution < 1.29 is 4.74 Å². The fourth-order valence-corrected chi connectivity index (χ4v) is 2.53. The van der Waals surface area contributed by atoms with Gasteiger partial charge < -0.3 is 4.74 Å². The third-order valence-corrected chi connectivity index (χ3v) is 3.72. The minimum atomic E-state index is 0.341. The number of hydrogen-bond acceptors (Lipinski definition) is 3. The van der Waals surface area contributed by atoms with E-state index in [4.69, 9.17) is 10.00 Å². The summed E-state index contributed by atoms with van der Waals surface area (Å²) in [5.41, 5.74) is 4.72. The molecule has 0 aliphatic rings. The third kappa shape index (κ3) is 2.53. The largest absolute Gasteiger partial charge is 0.485 e. The topological polar surface area (TPSA) is 50.3 Å². The molecule has 0 N–H and O–H groups in total. The van der Waals surface area contributed by atoms with Gasteiger partial charge in [-0.1, -0.05) is 30.3 Å². The van der Waals surface area contributed by atoms with Gasteiger partial charge in [-0.25, -0.2) is 4.98 Å². The van der Waals surface area contributed by atoms with Gasteiger partial charge >= 0.3 is 0 Å². The van der Waals surface area contributed by atoms with Crippen LogP contribution in [-0.4, -0.2) is 9.38 Å². The van der Waals surface area contributed by atoms with Gasteiger partial charge in [0, 0.05) is 6.20 Å². The highest BCUT2D eigenvalue weighted by atomic mass is 16.5. The molecule has 0 atom stereocenters. The first-order chi connectivity index (χ1) is 10.7. The molecule has 0 bridgehead atoms. The number of rotatable bonds is 4. The van der Waals surface area contributed by atoms with Crippen molar-refractivity contribution in [3.8, 4) is 11.8 Å². The minimum absolute atomic E-state index is 0.341. The first-order valence-corrected chi connectivity index (χ1v) is 7.21. The number of benzene rings is 1. The third-order valence-electron chi connectivity index (χ3n) is 3.72. The van der Waals surface area contributed by atoms with Gasteiger partial charge in [0.05, 0.1) is 23.9 Å². The molecule has 22 heavy (non-hydrogen) atoms. The van der Waals surface area contributed by atoms with Crippen LogP contribution < -0.4 is 4.74 Å². The lowest BCUT2D eigenvalue weighted by Gasteiger charge is -2.11. The lowest BCUT2D eigenvalue weighted by atomic mass is 10.2. The predicted octanol–water partition coefficient (Wildman–Crippen LogP) is 3.60. The van der Waals surface area contributed by atoms with Gasteiger partial charge in [0.1, 0.15) is 6.61 Å². The maximum atomic E-state index is 8.98. The van der Waals surface area contributed by atoms with Crippen molar-refractivity contribution >= 4 is 5.65 Å². The Labute approximate surface area is 129 Å². The molecule has 0 radical (unpaired) electrons. The first kappa shape index (κ1) is 14.2. The van der Waals surface area contributed by atoms with Crippen molar-refractivity contribution in [3.63, 3.8) is 0 Å². The monoisotopic (exact) mass is 291 g/mol. The van der Waals surface area contributed by atoms with Crippen LogP contribution in [0.2, 0.25) is 0 Å². The molecule has 3 aromatic rings. The molecule has 2 heterocycles. The van der Waals surface area contributed by atoms with Crippen molar-refractivity contribution in [1.82, 2.24) is 9.38 Å². The molecule has 0 unspecified atom stereocenters. The Hall–Kier alpha value is -2.80. The van der Waals surface area contributed by atoms with E-state index >= 15 is 0 Å². The van der Waals surface area contributed by atoms with Gasteiger partial charge in [0.25, 0.3) is 0 Å². The van der Waals surface area contributed by atoms with Crippen molar-refractivity contribution in [2.24, 2.45) is 0 Å². The van der Waals surface area contributed by atoms with E-state index in [-0.39, 0.29) is 0 Å². The zero-order valence-corrected chi connectivity index (χ0v) is 12.7. The molecule has 4 nitrogen and oxygen atoms in total. The molecule has 1 aromatic carbocycles. The van der Waals surface area contributed by atoms with Gasteiger partial charge in [-0.3, -0.25) is 4.40 Å². The van der Waals surface area contributed by atoms with Crippen LogP contribution in [0, 0.1) is 25.2 Å². The Morgan fingerprint density at radius 1 is 1.18 bits per heavy atom. The summed E-state index contributed by atoms with van der Waals surface area (Å²) in [6, 6.07) is 14.2. The number of aryl methyl sites for hydroxylation is 2. The second-order valence-corrected chi connectivity index (χ2v) is 5.27. The molecule has 0 saturated heterocycles. The molecule has 0 aliphatic heterocycles. The van der Waals surface area contributed by atoms with Gasteiger partial charge in [-0.2, -0.15) is 5.26 Å². The van der Waals surface area contributed by atoms with Crippen molar-refractivity contribution in [1.29, 1.82) is 5.26 Å². The Kier molecular flexibility index (Phi) is 3.80. The Morgan fingerprint density at radius 3 is 2.68 bits per heavy atom. The van der Waals surface area contributed by atoms with E-state index in [1.807, 2.05) is 60.8 Å². The molecule has 0 aliphatic carbocycles. The number of imidazole rings is 1. The van der Waals surface area contributed by atoms with E-state index in [1.165, 1.54) is 0 Å². The van der Waals surface area contributed by atoms with Crippen LogP contribution in [0.15, 0.2) is 42.6 Å². The summed E-state index contributed by atoms with van der Waals surface area (Å²) < 4.78 is 7.97. The van der Waals surface area contributed by atoms with E-state index < -0.39 is 0 Å². The van der Waals surface area contributed by atoms with Crippen LogP contribution in [0.5, 0.6) is 5.75 Å². The molecule has 2 aromatic heterocycles. The average Bonchev–Trinajstić information content (AvgIpc) is 2.84. The van der Waals surface area contributed by atoms with Gasteiger partial charge in [-0.05, 0) is 31.0 Å². The summed E-state index contributed by atoms with van der Waals surface area (Å²) in [6.07, 6.45) is 2.29. The normalized spacial score (nSPS) is 10.6. The fraction of sp³-hybridized carbons (Fsp3) is 0.222. The first-order valence-electron chi connectivity index (χ1n) is 7.21. The Balaban J connectivity index is 2.00. The summed E-state index contributed by atoms with van der Waals surface area (Å²) in [5, 5.41) is 8.98. The summed E-state index contributed by atoms with van der Waals surface area (Å²) >= 11 is 0.